The molecule has 1 amide bonds. The molecule has 1 heterocycles. The largest absolute Gasteiger partial charge is 0.507 e. The van der Waals surface area contributed by atoms with E-state index in [2.05, 4.69) is 10.3 Å². The molecule has 2 rings (SSSR count). The van der Waals surface area contributed by atoms with Crippen molar-refractivity contribution in [1.29, 1.82) is 0 Å². The Morgan fingerprint density at radius 1 is 1.32 bits per heavy atom. The molecule has 100 valence electrons. The Hall–Kier alpha value is -2.50. The average Bonchev–Trinajstić information content (AvgIpc) is 2.73. The quantitative estimate of drug-likeness (QED) is 0.672. The van der Waals surface area contributed by atoms with Gasteiger partial charge in [0.25, 0.3) is 5.91 Å². The Morgan fingerprint density at radius 2 is 2.00 bits per heavy atom. The van der Waals surface area contributed by atoms with Crippen LogP contribution in [-0.2, 0) is 4.79 Å². The van der Waals surface area contributed by atoms with Gasteiger partial charge in [-0.1, -0.05) is 6.07 Å². The van der Waals surface area contributed by atoms with Gasteiger partial charge in [0.1, 0.15) is 17.0 Å². The maximum Gasteiger partial charge on any atom is 0.328 e. The molecule has 4 N–H and O–H groups in total. The smallest absolute Gasteiger partial charge is 0.328 e. The van der Waals surface area contributed by atoms with Gasteiger partial charge in [0, 0.05) is 10.9 Å². The molecule has 0 unspecified atom stereocenters. The molecule has 0 aliphatic heterocycles. The number of fused-ring (bicyclic) bond motifs is 1. The first kappa shape index (κ1) is 12.9. The number of hydrogen-bond donors (Lipinski definition) is 4. The number of phenols is 1. The van der Waals surface area contributed by atoms with E-state index in [1.165, 1.54) is 26.0 Å². The van der Waals surface area contributed by atoms with Crippen LogP contribution < -0.4 is 5.32 Å². The standard InChI is InChI=1S/C13H14N2O4/c1-13(2,12(18)19)15-11(17)9-6-7-8(14-9)4-3-5-10(7)16/h3-6,14,16H,1-2H3,(H,15,17)(H,18,19). The van der Waals surface area contributed by atoms with Crippen LogP contribution in [0.1, 0.15) is 24.3 Å². The molecule has 0 atom stereocenters. The number of nitrogens with one attached hydrogen (secondary N) is 2. The number of benzene rings is 1. The number of aliphatic carboxylic acids is 1. The summed E-state index contributed by atoms with van der Waals surface area (Å²) in [5.41, 5.74) is -0.555. The van der Waals surface area contributed by atoms with Crippen molar-refractivity contribution in [3.63, 3.8) is 0 Å². The second-order valence-electron chi connectivity index (χ2n) is 4.81. The van der Waals surface area contributed by atoms with Crippen molar-refractivity contribution in [2.75, 3.05) is 0 Å². The fraction of sp³-hybridized carbons (Fsp3) is 0.231. The first-order chi connectivity index (χ1) is 8.81. The minimum atomic E-state index is -1.36. The molecule has 0 radical (unpaired) electrons. The summed E-state index contributed by atoms with van der Waals surface area (Å²) in [6.45, 7) is 2.79. The number of rotatable bonds is 3. The van der Waals surface area contributed by atoms with Gasteiger partial charge in [0.05, 0.1) is 0 Å². The third-order valence-electron chi connectivity index (χ3n) is 2.85. The van der Waals surface area contributed by atoms with Crippen molar-refractivity contribution in [1.82, 2.24) is 10.3 Å². The van der Waals surface area contributed by atoms with Gasteiger partial charge >= 0.3 is 5.97 Å². The summed E-state index contributed by atoms with van der Waals surface area (Å²) in [7, 11) is 0. The number of hydrogen-bond acceptors (Lipinski definition) is 3. The maximum atomic E-state index is 12.0. The van der Waals surface area contributed by atoms with E-state index in [-0.39, 0.29) is 11.4 Å². The second-order valence-corrected chi connectivity index (χ2v) is 4.81. The number of carbonyl (C=O) groups is 2. The van der Waals surface area contributed by atoms with Crippen molar-refractivity contribution in [3.8, 4) is 5.75 Å². The molecule has 6 nitrogen and oxygen atoms in total. The first-order valence-corrected chi connectivity index (χ1v) is 5.68. The van der Waals surface area contributed by atoms with Crippen LogP contribution in [-0.4, -0.2) is 32.6 Å². The summed E-state index contributed by atoms with van der Waals surface area (Å²) in [5, 5.41) is 21.5. The monoisotopic (exact) mass is 262 g/mol. The highest BCUT2D eigenvalue weighted by Gasteiger charge is 2.29. The summed E-state index contributed by atoms with van der Waals surface area (Å²) < 4.78 is 0. The summed E-state index contributed by atoms with van der Waals surface area (Å²) in [6, 6.07) is 6.36. The number of aromatic hydroxyl groups is 1. The second kappa shape index (κ2) is 4.31. The molecule has 1 aromatic carbocycles. The van der Waals surface area contributed by atoms with E-state index < -0.39 is 17.4 Å². The number of phenolic OH excluding ortho intramolecular Hbond substituents is 1. The highest BCUT2D eigenvalue weighted by atomic mass is 16.4. The molecule has 0 aliphatic rings. The van der Waals surface area contributed by atoms with Gasteiger partial charge in [-0.3, -0.25) is 4.79 Å². The molecular formula is C13H14N2O4. The van der Waals surface area contributed by atoms with Gasteiger partial charge in [-0.15, -0.1) is 0 Å². The van der Waals surface area contributed by atoms with Crippen molar-refractivity contribution >= 4 is 22.8 Å². The zero-order chi connectivity index (χ0) is 14.2. The summed E-state index contributed by atoms with van der Waals surface area (Å²) >= 11 is 0. The number of amides is 1. The number of H-pyrrole nitrogens is 1. The van der Waals surface area contributed by atoms with Crippen LogP contribution in [0.5, 0.6) is 5.75 Å². The lowest BCUT2D eigenvalue weighted by Gasteiger charge is -2.20. The number of carboxylic acid groups (broad SMARTS) is 1. The lowest BCUT2D eigenvalue weighted by Crippen LogP contribution is -2.49. The lowest BCUT2D eigenvalue weighted by atomic mass is 10.1. The van der Waals surface area contributed by atoms with Gasteiger partial charge in [-0.25, -0.2) is 4.79 Å². The van der Waals surface area contributed by atoms with Crippen molar-refractivity contribution < 1.29 is 19.8 Å². The van der Waals surface area contributed by atoms with Crippen molar-refractivity contribution in [2.45, 2.75) is 19.4 Å². The van der Waals surface area contributed by atoms with Crippen LogP contribution >= 0.6 is 0 Å². The van der Waals surface area contributed by atoms with E-state index in [1.54, 1.807) is 12.1 Å². The Balaban J connectivity index is 2.32. The molecule has 0 spiro atoms. The molecule has 6 heteroatoms. The lowest BCUT2D eigenvalue weighted by molar-refractivity contribution is -0.143. The normalized spacial score (nSPS) is 11.5. The van der Waals surface area contributed by atoms with Crippen LogP contribution in [0.2, 0.25) is 0 Å². The third-order valence-corrected chi connectivity index (χ3v) is 2.85. The number of carboxylic acids is 1. The summed E-state index contributed by atoms with van der Waals surface area (Å²) in [6.07, 6.45) is 0. The molecule has 0 saturated carbocycles. The molecule has 2 aromatic rings. The van der Waals surface area contributed by atoms with Crippen LogP contribution in [0.4, 0.5) is 0 Å². The zero-order valence-electron chi connectivity index (χ0n) is 10.5. The fourth-order valence-corrected chi connectivity index (χ4v) is 1.67. The van der Waals surface area contributed by atoms with Gasteiger partial charge in [0.2, 0.25) is 0 Å². The van der Waals surface area contributed by atoms with Crippen LogP contribution in [0.3, 0.4) is 0 Å². The molecule has 1 aromatic heterocycles. The van der Waals surface area contributed by atoms with Gasteiger partial charge in [0.15, 0.2) is 0 Å². The maximum absolute atomic E-state index is 12.0. The van der Waals surface area contributed by atoms with Crippen molar-refractivity contribution in [3.05, 3.63) is 30.0 Å². The van der Waals surface area contributed by atoms with E-state index in [1.807, 2.05) is 0 Å². The van der Waals surface area contributed by atoms with Gasteiger partial charge < -0.3 is 20.5 Å². The number of aromatic amines is 1. The third kappa shape index (κ3) is 2.37. The molecule has 0 bridgehead atoms. The highest BCUT2D eigenvalue weighted by molar-refractivity contribution is 6.01. The van der Waals surface area contributed by atoms with Gasteiger partial charge in [-0.2, -0.15) is 0 Å². The van der Waals surface area contributed by atoms with Gasteiger partial charge in [-0.05, 0) is 32.0 Å². The minimum Gasteiger partial charge on any atom is -0.507 e. The van der Waals surface area contributed by atoms with E-state index >= 15 is 0 Å². The average molecular weight is 262 g/mol. The van der Waals surface area contributed by atoms with Crippen LogP contribution in [0, 0.1) is 0 Å². The Labute approximate surface area is 109 Å². The Morgan fingerprint density at radius 3 is 2.58 bits per heavy atom. The van der Waals surface area contributed by atoms with E-state index in [4.69, 9.17) is 5.11 Å². The molecule has 0 fully saturated rings. The topological polar surface area (TPSA) is 102 Å². The number of carbonyl (C=O) groups excluding carboxylic acids is 1. The van der Waals surface area contributed by atoms with E-state index in [0.29, 0.717) is 10.9 Å². The minimum absolute atomic E-state index is 0.0605. The Bertz CT molecular complexity index is 658. The Kier molecular flexibility index (Phi) is 2.94. The van der Waals surface area contributed by atoms with Crippen LogP contribution in [0.25, 0.3) is 10.9 Å². The zero-order valence-corrected chi connectivity index (χ0v) is 10.5. The predicted molar refractivity (Wildman–Crippen MR) is 69.1 cm³/mol. The van der Waals surface area contributed by atoms with E-state index in [0.717, 1.165) is 0 Å². The fourth-order valence-electron chi connectivity index (χ4n) is 1.67. The molecular weight excluding hydrogens is 248 g/mol. The van der Waals surface area contributed by atoms with E-state index in [9.17, 15) is 14.7 Å². The van der Waals surface area contributed by atoms with Crippen molar-refractivity contribution in [2.24, 2.45) is 0 Å². The SMILES string of the molecule is CC(C)(NC(=O)c1cc2c(O)cccc2[nH]1)C(=O)O. The highest BCUT2D eigenvalue weighted by Crippen LogP contribution is 2.25. The predicted octanol–water partition coefficient (Wildman–Crippen LogP) is 1.47. The summed E-state index contributed by atoms with van der Waals surface area (Å²) in [4.78, 5) is 25.7. The molecule has 0 saturated heterocycles. The molecule has 19 heavy (non-hydrogen) atoms. The van der Waals surface area contributed by atoms with Crippen LogP contribution in [0.15, 0.2) is 24.3 Å². The summed E-state index contributed by atoms with van der Waals surface area (Å²) in [5.74, 6) is -1.60. The number of aromatic nitrogens is 1. The molecule has 0 aliphatic carbocycles. The first-order valence-electron chi connectivity index (χ1n) is 5.68.